The summed E-state index contributed by atoms with van der Waals surface area (Å²) in [5.41, 5.74) is 11.7. The largest absolute Gasteiger partial charge is 0.468 e. The van der Waals surface area contributed by atoms with Crippen molar-refractivity contribution >= 4 is 17.0 Å². The number of nitrogens with zero attached hydrogens (tertiary/aromatic N) is 5. The molecule has 0 unspecified atom stereocenters. The molecule has 4 aromatic rings. The topological polar surface area (TPSA) is 101 Å². The lowest BCUT2D eigenvalue weighted by atomic mass is 9.96. The number of nitrogen functional groups attached to an aromatic ring is 1. The Labute approximate surface area is 221 Å². The van der Waals surface area contributed by atoms with Crippen LogP contribution < -0.4 is 15.2 Å². The maximum Gasteiger partial charge on any atom is 0.320 e. The van der Waals surface area contributed by atoms with E-state index in [0.29, 0.717) is 35.9 Å². The van der Waals surface area contributed by atoms with Gasteiger partial charge in [0.05, 0.1) is 20.3 Å². The van der Waals surface area contributed by atoms with Gasteiger partial charge in [0.2, 0.25) is 0 Å². The van der Waals surface area contributed by atoms with Gasteiger partial charge in [0.1, 0.15) is 13.3 Å². The minimum atomic E-state index is -0.575. The van der Waals surface area contributed by atoms with Crippen LogP contribution in [0.1, 0.15) is 29.5 Å². The van der Waals surface area contributed by atoms with Crippen LogP contribution in [-0.2, 0) is 24.5 Å². The Morgan fingerprint density at radius 1 is 0.947 bits per heavy atom. The summed E-state index contributed by atoms with van der Waals surface area (Å²) in [5.74, 6) is 0.188. The van der Waals surface area contributed by atoms with Crippen LogP contribution >= 0.6 is 0 Å². The minimum Gasteiger partial charge on any atom is -0.468 e. The molecule has 0 spiro atoms. The first-order valence-corrected chi connectivity index (χ1v) is 12.8. The fourth-order valence-corrected chi connectivity index (χ4v) is 4.92. The van der Waals surface area contributed by atoms with Gasteiger partial charge in [-0.05, 0) is 59.8 Å². The Morgan fingerprint density at radius 2 is 1.76 bits per heavy atom. The van der Waals surface area contributed by atoms with Crippen LogP contribution in [0.25, 0.3) is 22.3 Å². The van der Waals surface area contributed by atoms with Gasteiger partial charge in [-0.15, -0.1) is 0 Å². The second-order valence-corrected chi connectivity index (χ2v) is 9.40. The molecule has 5 rings (SSSR count). The third-order valence-electron chi connectivity index (χ3n) is 6.76. The normalized spacial score (nSPS) is 13.9. The molecule has 0 amide bonds. The monoisotopic (exact) mass is 520 g/mol. The average Bonchev–Trinajstić information content (AvgIpc) is 3.57. The zero-order chi connectivity index (χ0) is 26.5. The summed E-state index contributed by atoms with van der Waals surface area (Å²) < 4.78 is 32.2. The summed E-state index contributed by atoms with van der Waals surface area (Å²) in [6.45, 7) is 3.66. The van der Waals surface area contributed by atoms with Crippen molar-refractivity contribution in [2.75, 3.05) is 46.3 Å². The first-order chi connectivity index (χ1) is 18.6. The Balaban J connectivity index is 1.44. The number of rotatable bonds is 11. The van der Waals surface area contributed by atoms with E-state index in [2.05, 4.69) is 38.1 Å². The Morgan fingerprint density at radius 3 is 2.53 bits per heavy atom. The van der Waals surface area contributed by atoms with Crippen molar-refractivity contribution in [1.82, 2.24) is 24.4 Å². The number of nitrogens with two attached hydrogens (primary N) is 1. The molecule has 1 aliphatic heterocycles. The minimum absolute atomic E-state index is 0.129. The molecule has 2 aromatic heterocycles. The highest BCUT2D eigenvalue weighted by Gasteiger charge is 2.19. The summed E-state index contributed by atoms with van der Waals surface area (Å²) >= 11 is 0. The number of benzene rings is 2. The van der Waals surface area contributed by atoms with Crippen molar-refractivity contribution in [3.8, 4) is 23.1 Å². The molecule has 2 N–H and O–H groups in total. The van der Waals surface area contributed by atoms with Crippen molar-refractivity contribution in [1.29, 1.82) is 0 Å². The predicted octanol–water partition coefficient (Wildman–Crippen LogP) is 4.22. The van der Waals surface area contributed by atoms with Gasteiger partial charge >= 0.3 is 6.01 Å². The van der Waals surface area contributed by atoms with E-state index in [4.69, 9.17) is 19.9 Å². The first-order valence-electron chi connectivity index (χ1n) is 12.8. The van der Waals surface area contributed by atoms with Crippen molar-refractivity contribution < 1.29 is 18.6 Å². The Bertz CT molecular complexity index is 1400. The molecular weight excluding hydrogens is 487 g/mol. The number of hydrogen-bond donors (Lipinski definition) is 1. The number of hydrogen-bond acceptors (Lipinski definition) is 8. The number of anilines is 1. The highest BCUT2D eigenvalue weighted by molar-refractivity contribution is 5.83. The molecule has 1 saturated heterocycles. The Kier molecular flexibility index (Phi) is 8.00. The lowest BCUT2D eigenvalue weighted by Crippen LogP contribution is -2.18. The van der Waals surface area contributed by atoms with E-state index in [1.807, 2.05) is 24.3 Å². The zero-order valence-corrected chi connectivity index (χ0v) is 21.8. The summed E-state index contributed by atoms with van der Waals surface area (Å²) in [7, 11) is 3.12. The van der Waals surface area contributed by atoms with Crippen LogP contribution in [0.4, 0.5) is 10.2 Å². The standard InChI is InChI=1S/C28H33FN6O3/c1-36-12-13-38-27-32-25(30)24-26(33-27)35(28(31-24)37-2)18-20-8-9-23(22(15-20)16-29)21-7-5-6-19(14-21)17-34-10-3-4-11-34/h5-9,14-15H,3-4,10-13,16-18H2,1-2H3,(H2,30,32,33). The van der Waals surface area contributed by atoms with E-state index < -0.39 is 6.67 Å². The van der Waals surface area contributed by atoms with Gasteiger partial charge in [-0.25, -0.2) is 4.39 Å². The van der Waals surface area contributed by atoms with Gasteiger partial charge in [-0.2, -0.15) is 15.0 Å². The number of halogens is 1. The van der Waals surface area contributed by atoms with Gasteiger partial charge in [0.25, 0.3) is 6.01 Å². The SMILES string of the molecule is COCCOc1nc(N)c2nc(OC)n(Cc3ccc(-c4cccc(CN5CCCC5)c4)c(CF)c3)c2n1. The van der Waals surface area contributed by atoms with Gasteiger partial charge < -0.3 is 19.9 Å². The van der Waals surface area contributed by atoms with Crippen LogP contribution in [0.5, 0.6) is 12.0 Å². The molecule has 38 heavy (non-hydrogen) atoms. The predicted molar refractivity (Wildman–Crippen MR) is 144 cm³/mol. The molecule has 0 saturated carbocycles. The van der Waals surface area contributed by atoms with Crippen LogP contribution in [0, 0.1) is 0 Å². The average molecular weight is 521 g/mol. The second-order valence-electron chi connectivity index (χ2n) is 9.40. The number of likely N-dealkylation sites (tertiary alicyclic amines) is 1. The van der Waals surface area contributed by atoms with Crippen molar-refractivity contribution in [3.05, 3.63) is 59.2 Å². The quantitative estimate of drug-likeness (QED) is 0.294. The Hall–Kier alpha value is -3.76. The molecule has 0 bridgehead atoms. The molecule has 3 heterocycles. The van der Waals surface area contributed by atoms with Crippen molar-refractivity contribution in [3.63, 3.8) is 0 Å². The number of ether oxygens (including phenoxy) is 3. The second kappa shape index (κ2) is 11.7. The molecule has 0 aliphatic carbocycles. The lowest BCUT2D eigenvalue weighted by molar-refractivity contribution is 0.141. The fraction of sp³-hybridized carbons (Fsp3) is 0.393. The summed E-state index contributed by atoms with van der Waals surface area (Å²) in [5, 5.41) is 0. The number of aromatic nitrogens is 4. The van der Waals surface area contributed by atoms with Gasteiger partial charge in [0, 0.05) is 13.7 Å². The van der Waals surface area contributed by atoms with Crippen LogP contribution in [-0.4, -0.2) is 64.9 Å². The van der Waals surface area contributed by atoms with Gasteiger partial charge in [0.15, 0.2) is 17.0 Å². The summed E-state index contributed by atoms with van der Waals surface area (Å²) in [4.78, 5) is 15.6. The van der Waals surface area contributed by atoms with Crippen molar-refractivity contribution in [2.45, 2.75) is 32.6 Å². The maximum atomic E-state index is 14.3. The maximum absolute atomic E-state index is 14.3. The smallest absolute Gasteiger partial charge is 0.320 e. The van der Waals surface area contributed by atoms with E-state index in [9.17, 15) is 4.39 Å². The third-order valence-corrected chi connectivity index (χ3v) is 6.76. The highest BCUT2D eigenvalue weighted by Crippen LogP contribution is 2.30. The van der Waals surface area contributed by atoms with E-state index in [1.54, 1.807) is 11.7 Å². The van der Waals surface area contributed by atoms with E-state index in [1.165, 1.54) is 25.5 Å². The number of fused-ring (bicyclic) bond motifs is 1. The van der Waals surface area contributed by atoms with E-state index in [0.717, 1.165) is 36.3 Å². The van der Waals surface area contributed by atoms with Crippen LogP contribution in [0.15, 0.2) is 42.5 Å². The molecular formula is C28H33FN6O3. The highest BCUT2D eigenvalue weighted by atomic mass is 19.1. The van der Waals surface area contributed by atoms with E-state index >= 15 is 0 Å². The molecule has 9 nitrogen and oxygen atoms in total. The van der Waals surface area contributed by atoms with E-state index in [-0.39, 0.29) is 18.4 Å². The zero-order valence-electron chi connectivity index (χ0n) is 21.8. The van der Waals surface area contributed by atoms with Gasteiger partial charge in [-0.3, -0.25) is 9.47 Å². The van der Waals surface area contributed by atoms with Crippen molar-refractivity contribution in [2.24, 2.45) is 0 Å². The summed E-state index contributed by atoms with van der Waals surface area (Å²) in [6.07, 6.45) is 2.51. The number of alkyl halides is 1. The molecule has 1 aliphatic rings. The summed E-state index contributed by atoms with van der Waals surface area (Å²) in [6, 6.07) is 14.7. The molecule has 0 atom stereocenters. The van der Waals surface area contributed by atoms with Gasteiger partial charge in [-0.1, -0.05) is 36.4 Å². The lowest BCUT2D eigenvalue weighted by Gasteiger charge is -2.16. The number of methoxy groups -OCH3 is 2. The van der Waals surface area contributed by atoms with Crippen LogP contribution in [0.2, 0.25) is 0 Å². The van der Waals surface area contributed by atoms with Crippen LogP contribution in [0.3, 0.4) is 0 Å². The molecule has 200 valence electrons. The molecule has 10 heteroatoms. The third kappa shape index (κ3) is 5.56. The fourth-order valence-electron chi connectivity index (χ4n) is 4.92. The first kappa shape index (κ1) is 25.9. The number of imidazole rings is 1. The molecule has 1 fully saturated rings. The molecule has 2 aromatic carbocycles. The molecule has 0 radical (unpaired) electrons.